The van der Waals surface area contributed by atoms with Crippen LogP contribution in [0, 0.1) is 0 Å². The number of hydrogen-bond donors (Lipinski definition) is 0. The highest BCUT2D eigenvalue weighted by atomic mass is 28.4. The van der Waals surface area contributed by atoms with Crippen LogP contribution in [-0.2, 0) is 19.8 Å². The first-order valence-corrected chi connectivity index (χ1v) is 15.5. The normalized spacial score (nSPS) is 12.9. The van der Waals surface area contributed by atoms with Crippen LogP contribution >= 0.6 is 0 Å². The average molecular weight is 412 g/mol. The summed E-state index contributed by atoms with van der Waals surface area (Å²) in [4.78, 5) is 2.50. The Hall–Kier alpha value is -0.506. The van der Waals surface area contributed by atoms with E-state index >= 15 is 0 Å². The van der Waals surface area contributed by atoms with Gasteiger partial charge < -0.3 is 13.3 Å². The topological polar surface area (TPSA) is 30.9 Å². The molecule has 0 aliphatic heterocycles. The standard InChI is InChI=1S/C21H41NO3Si2/c1-8-23-27(24-9-2,25-16-17-26(6)7)18-15-22(21(3,4)5)19-20-13-11-10-12-14-20/h10-14,26H,8-9,15-19H2,1-7H3. The number of benzene rings is 1. The highest BCUT2D eigenvalue weighted by molar-refractivity contribution is 6.61. The fraction of sp³-hybridized carbons (Fsp3) is 0.714. The van der Waals surface area contributed by atoms with Gasteiger partial charge in [-0.05, 0) is 46.2 Å². The molecule has 0 saturated heterocycles. The molecule has 6 heteroatoms. The Bertz CT molecular complexity index is 500. The van der Waals surface area contributed by atoms with Gasteiger partial charge in [0.2, 0.25) is 0 Å². The lowest BCUT2D eigenvalue weighted by molar-refractivity contribution is 0.0608. The quantitative estimate of drug-likeness (QED) is 0.436. The maximum atomic E-state index is 6.34. The van der Waals surface area contributed by atoms with Gasteiger partial charge in [-0.25, -0.2) is 0 Å². The van der Waals surface area contributed by atoms with E-state index in [9.17, 15) is 0 Å². The molecular weight excluding hydrogens is 370 g/mol. The Morgan fingerprint density at radius 1 is 0.963 bits per heavy atom. The van der Waals surface area contributed by atoms with Gasteiger partial charge in [0.25, 0.3) is 0 Å². The number of rotatable bonds is 13. The smallest absolute Gasteiger partial charge is 0.374 e. The molecule has 1 aromatic rings. The molecule has 0 aromatic heterocycles. The second-order valence-corrected chi connectivity index (χ2v) is 14.5. The van der Waals surface area contributed by atoms with Crippen molar-refractivity contribution >= 4 is 17.6 Å². The van der Waals surface area contributed by atoms with Gasteiger partial charge in [-0.3, -0.25) is 4.90 Å². The fourth-order valence-corrected chi connectivity index (χ4v) is 6.32. The molecule has 0 amide bonds. The Labute approximate surface area is 170 Å². The van der Waals surface area contributed by atoms with Crippen molar-refractivity contribution in [2.24, 2.45) is 0 Å². The SMILES string of the molecule is CCO[Si](CCN(Cc1ccccc1)C(C)(C)C)(OCC)OCC[SiH](C)C. The molecule has 0 fully saturated rings. The molecule has 1 rings (SSSR count). The molecule has 156 valence electrons. The zero-order valence-corrected chi connectivity index (χ0v) is 20.7. The van der Waals surface area contributed by atoms with Crippen LogP contribution in [0.5, 0.6) is 0 Å². The third-order valence-electron chi connectivity index (χ3n) is 4.60. The highest BCUT2D eigenvalue weighted by Gasteiger charge is 2.41. The summed E-state index contributed by atoms with van der Waals surface area (Å²) in [5.74, 6) is 0. The molecule has 0 bridgehead atoms. The van der Waals surface area contributed by atoms with Crippen molar-refractivity contribution in [2.75, 3.05) is 26.4 Å². The molecule has 0 aliphatic rings. The lowest BCUT2D eigenvalue weighted by atomic mass is 10.0. The van der Waals surface area contributed by atoms with E-state index < -0.39 is 17.6 Å². The molecule has 27 heavy (non-hydrogen) atoms. The van der Waals surface area contributed by atoms with E-state index in [1.807, 2.05) is 13.8 Å². The Morgan fingerprint density at radius 3 is 2.04 bits per heavy atom. The van der Waals surface area contributed by atoms with Crippen LogP contribution in [0.3, 0.4) is 0 Å². The lowest BCUT2D eigenvalue weighted by Gasteiger charge is -2.38. The summed E-state index contributed by atoms with van der Waals surface area (Å²) in [6, 6.07) is 12.7. The van der Waals surface area contributed by atoms with Crippen molar-refractivity contribution in [3.05, 3.63) is 35.9 Å². The molecule has 0 unspecified atom stereocenters. The summed E-state index contributed by atoms with van der Waals surface area (Å²) >= 11 is 0. The van der Waals surface area contributed by atoms with Gasteiger partial charge >= 0.3 is 8.80 Å². The summed E-state index contributed by atoms with van der Waals surface area (Å²) in [6.45, 7) is 19.5. The van der Waals surface area contributed by atoms with Gasteiger partial charge in [-0.2, -0.15) is 0 Å². The Morgan fingerprint density at radius 2 is 1.56 bits per heavy atom. The predicted molar refractivity (Wildman–Crippen MR) is 120 cm³/mol. The van der Waals surface area contributed by atoms with Crippen LogP contribution in [0.4, 0.5) is 0 Å². The van der Waals surface area contributed by atoms with Gasteiger partial charge in [0, 0.05) is 53.3 Å². The monoisotopic (exact) mass is 411 g/mol. The first kappa shape index (κ1) is 24.5. The molecule has 0 saturated carbocycles. The number of nitrogens with zero attached hydrogens (tertiary/aromatic N) is 1. The van der Waals surface area contributed by atoms with Crippen molar-refractivity contribution in [1.82, 2.24) is 4.90 Å². The zero-order chi connectivity index (χ0) is 20.3. The molecule has 0 N–H and O–H groups in total. The maximum absolute atomic E-state index is 6.34. The predicted octanol–water partition coefficient (Wildman–Crippen LogP) is 4.80. The second-order valence-electron chi connectivity index (χ2n) is 8.41. The van der Waals surface area contributed by atoms with E-state index in [-0.39, 0.29) is 5.54 Å². The van der Waals surface area contributed by atoms with Gasteiger partial charge in [-0.1, -0.05) is 43.4 Å². The lowest BCUT2D eigenvalue weighted by Crippen LogP contribution is -2.51. The minimum absolute atomic E-state index is 0.0687. The van der Waals surface area contributed by atoms with Gasteiger partial charge in [0.05, 0.1) is 0 Å². The van der Waals surface area contributed by atoms with Crippen molar-refractivity contribution < 1.29 is 13.3 Å². The van der Waals surface area contributed by atoms with E-state index in [0.717, 1.165) is 25.7 Å². The van der Waals surface area contributed by atoms with E-state index in [1.54, 1.807) is 0 Å². The molecule has 4 nitrogen and oxygen atoms in total. The Kier molecular flexibility index (Phi) is 11.0. The van der Waals surface area contributed by atoms with Crippen molar-refractivity contribution in [3.63, 3.8) is 0 Å². The van der Waals surface area contributed by atoms with E-state index in [2.05, 4.69) is 69.1 Å². The number of hydrogen-bond acceptors (Lipinski definition) is 4. The van der Waals surface area contributed by atoms with Crippen LogP contribution < -0.4 is 0 Å². The summed E-state index contributed by atoms with van der Waals surface area (Å²) < 4.78 is 18.6. The van der Waals surface area contributed by atoms with Crippen molar-refractivity contribution in [1.29, 1.82) is 0 Å². The first-order chi connectivity index (χ1) is 12.7. The molecule has 0 aliphatic carbocycles. The van der Waals surface area contributed by atoms with Crippen molar-refractivity contribution in [3.8, 4) is 0 Å². The van der Waals surface area contributed by atoms with Crippen molar-refractivity contribution in [2.45, 2.75) is 71.9 Å². The van der Waals surface area contributed by atoms with Crippen LogP contribution in [-0.4, -0.2) is 54.4 Å². The van der Waals surface area contributed by atoms with Gasteiger partial charge in [0.15, 0.2) is 0 Å². The minimum Gasteiger partial charge on any atom is -0.374 e. The highest BCUT2D eigenvalue weighted by Crippen LogP contribution is 2.23. The van der Waals surface area contributed by atoms with E-state index in [1.165, 1.54) is 11.6 Å². The summed E-state index contributed by atoms with van der Waals surface area (Å²) in [5.41, 5.74) is 1.40. The van der Waals surface area contributed by atoms with Crippen LogP contribution in [0.1, 0.15) is 40.2 Å². The molecule has 1 aromatic carbocycles. The Balaban J connectivity index is 2.85. The molecule has 0 atom stereocenters. The maximum Gasteiger partial charge on any atom is 0.502 e. The first-order valence-electron chi connectivity index (χ1n) is 10.4. The second kappa shape index (κ2) is 12.1. The van der Waals surface area contributed by atoms with E-state index in [4.69, 9.17) is 13.3 Å². The van der Waals surface area contributed by atoms with Gasteiger partial charge in [0.1, 0.15) is 0 Å². The largest absolute Gasteiger partial charge is 0.502 e. The summed E-state index contributed by atoms with van der Waals surface area (Å²) in [5, 5.41) is 0. The third-order valence-corrected chi connectivity index (χ3v) is 8.93. The molecule has 0 spiro atoms. The zero-order valence-electron chi connectivity index (χ0n) is 18.6. The van der Waals surface area contributed by atoms with Crippen LogP contribution in [0.25, 0.3) is 0 Å². The third kappa shape index (κ3) is 9.50. The fourth-order valence-electron chi connectivity index (χ4n) is 2.96. The molecule has 0 heterocycles. The summed E-state index contributed by atoms with van der Waals surface area (Å²) in [7, 11) is -3.28. The van der Waals surface area contributed by atoms with Crippen LogP contribution in [0.15, 0.2) is 30.3 Å². The minimum atomic E-state index is -2.64. The van der Waals surface area contributed by atoms with Gasteiger partial charge in [-0.15, -0.1) is 0 Å². The molecule has 0 radical (unpaired) electrons. The molecular formula is C21H41NO3Si2. The van der Waals surface area contributed by atoms with E-state index in [0.29, 0.717) is 13.2 Å². The summed E-state index contributed by atoms with van der Waals surface area (Å²) in [6.07, 6.45) is 0. The van der Waals surface area contributed by atoms with Crippen LogP contribution in [0.2, 0.25) is 25.2 Å². The average Bonchev–Trinajstić information content (AvgIpc) is 2.58.